The van der Waals surface area contributed by atoms with E-state index in [2.05, 4.69) is 26.1 Å². The molecule has 1 saturated heterocycles. The maximum absolute atomic E-state index is 12.6. The molecule has 0 spiro atoms. The topological polar surface area (TPSA) is 67.9 Å². The van der Waals surface area contributed by atoms with Crippen molar-refractivity contribution < 1.29 is 19.1 Å². The molecule has 1 aliphatic heterocycles. The van der Waals surface area contributed by atoms with Gasteiger partial charge in [-0.1, -0.05) is 28.1 Å². The molecule has 2 heterocycles. The first-order chi connectivity index (χ1) is 13.4. The Bertz CT molecular complexity index is 866. The molecule has 1 atom stereocenters. The number of esters is 1. The smallest absolute Gasteiger partial charge is 0.341 e. The van der Waals surface area contributed by atoms with Gasteiger partial charge in [-0.2, -0.15) is 0 Å². The minimum Gasteiger partial charge on any atom is -0.465 e. The van der Waals surface area contributed by atoms with E-state index in [1.807, 2.05) is 38.1 Å². The first-order valence-electron chi connectivity index (χ1n) is 8.96. The zero-order chi connectivity index (χ0) is 20.3. The van der Waals surface area contributed by atoms with E-state index < -0.39 is 5.97 Å². The Hall–Kier alpha value is -1.74. The number of nitrogens with one attached hydrogen (secondary N) is 1. The van der Waals surface area contributed by atoms with Gasteiger partial charge in [-0.3, -0.25) is 9.69 Å². The molecule has 1 N–H and O–H groups in total. The molecule has 1 fully saturated rings. The van der Waals surface area contributed by atoms with Crippen molar-refractivity contribution in [3.63, 3.8) is 0 Å². The van der Waals surface area contributed by atoms with Gasteiger partial charge in [0.1, 0.15) is 5.00 Å². The molecular formula is C20H23BrN2O4S. The van der Waals surface area contributed by atoms with Gasteiger partial charge in [0, 0.05) is 22.4 Å². The highest BCUT2D eigenvalue weighted by atomic mass is 79.9. The number of carbonyl (C=O) groups excluding carboxylic acids is 2. The molecule has 1 aromatic heterocycles. The first-order valence-corrected chi connectivity index (χ1v) is 10.6. The van der Waals surface area contributed by atoms with Crippen LogP contribution >= 0.6 is 27.3 Å². The predicted molar refractivity (Wildman–Crippen MR) is 113 cm³/mol. The van der Waals surface area contributed by atoms with Gasteiger partial charge in [0.25, 0.3) is 0 Å². The van der Waals surface area contributed by atoms with Crippen molar-refractivity contribution in [3.05, 3.63) is 50.3 Å². The van der Waals surface area contributed by atoms with Crippen molar-refractivity contribution in [3.8, 4) is 0 Å². The lowest BCUT2D eigenvalue weighted by atomic mass is 10.1. The van der Waals surface area contributed by atoms with Gasteiger partial charge in [-0.05, 0) is 37.1 Å². The monoisotopic (exact) mass is 466 g/mol. The maximum atomic E-state index is 12.6. The number of hydrogen-bond donors (Lipinski definition) is 1. The second-order valence-electron chi connectivity index (χ2n) is 6.67. The Morgan fingerprint density at radius 2 is 2.04 bits per heavy atom. The van der Waals surface area contributed by atoms with Crippen molar-refractivity contribution >= 4 is 44.1 Å². The summed E-state index contributed by atoms with van der Waals surface area (Å²) in [5.74, 6) is -0.582. The van der Waals surface area contributed by atoms with Gasteiger partial charge in [-0.15, -0.1) is 11.3 Å². The quantitative estimate of drug-likeness (QED) is 0.676. The van der Waals surface area contributed by atoms with Crippen LogP contribution in [0, 0.1) is 13.8 Å². The van der Waals surface area contributed by atoms with E-state index in [1.165, 1.54) is 18.4 Å². The highest BCUT2D eigenvalue weighted by Gasteiger charge is 2.25. The molecule has 0 bridgehead atoms. The number of halogens is 1. The number of nitrogens with zero attached hydrogens (tertiary/aromatic N) is 1. The van der Waals surface area contributed by atoms with Crippen LogP contribution in [0.4, 0.5) is 5.00 Å². The fraction of sp³-hybridized carbons (Fsp3) is 0.400. The van der Waals surface area contributed by atoms with Crippen molar-refractivity contribution in [2.75, 3.05) is 38.7 Å². The summed E-state index contributed by atoms with van der Waals surface area (Å²) < 4.78 is 11.8. The van der Waals surface area contributed by atoms with Crippen molar-refractivity contribution in [1.82, 2.24) is 4.90 Å². The van der Waals surface area contributed by atoms with Crippen LogP contribution in [0.1, 0.15) is 32.5 Å². The van der Waals surface area contributed by atoms with Crippen LogP contribution in [-0.4, -0.2) is 50.1 Å². The van der Waals surface area contributed by atoms with Crippen LogP contribution in [0.3, 0.4) is 0 Å². The van der Waals surface area contributed by atoms with Gasteiger partial charge in [-0.25, -0.2) is 4.79 Å². The third kappa shape index (κ3) is 4.81. The third-order valence-electron chi connectivity index (χ3n) is 4.79. The van der Waals surface area contributed by atoms with Gasteiger partial charge in [0.05, 0.1) is 31.9 Å². The Balaban J connectivity index is 1.64. The summed E-state index contributed by atoms with van der Waals surface area (Å²) in [6.45, 7) is 5.92. The number of thiophene rings is 1. The van der Waals surface area contributed by atoms with Crippen molar-refractivity contribution in [1.29, 1.82) is 0 Å². The number of hydrogen-bond acceptors (Lipinski definition) is 6. The molecule has 3 rings (SSSR count). The number of ether oxygens (including phenoxy) is 2. The second-order valence-corrected chi connectivity index (χ2v) is 8.81. The summed E-state index contributed by atoms with van der Waals surface area (Å²) >= 11 is 4.83. The number of rotatable bonds is 5. The average Bonchev–Trinajstić information content (AvgIpc) is 2.95. The summed E-state index contributed by atoms with van der Waals surface area (Å²) in [4.78, 5) is 27.7. The molecule has 1 amide bonds. The molecule has 28 heavy (non-hydrogen) atoms. The summed E-state index contributed by atoms with van der Waals surface area (Å²) in [5, 5.41) is 3.43. The molecule has 1 aromatic carbocycles. The van der Waals surface area contributed by atoms with Crippen LogP contribution in [0.5, 0.6) is 0 Å². The number of anilines is 1. The molecule has 0 radical (unpaired) electrons. The molecule has 0 saturated carbocycles. The van der Waals surface area contributed by atoms with Crippen LogP contribution < -0.4 is 5.32 Å². The number of aryl methyl sites for hydroxylation is 1. The number of methoxy groups -OCH3 is 1. The number of carbonyl (C=O) groups is 2. The third-order valence-corrected chi connectivity index (χ3v) is 6.44. The highest BCUT2D eigenvalue weighted by Crippen LogP contribution is 2.33. The zero-order valence-electron chi connectivity index (χ0n) is 16.1. The molecule has 1 aliphatic rings. The van der Waals surface area contributed by atoms with Crippen LogP contribution in [0.15, 0.2) is 28.7 Å². The standard InChI is InChI=1S/C20H23BrN2O4S/c1-12-13(2)28-19(18(12)20(25)26-3)22-17(24)11-23-8-9-27-16(10-23)14-4-6-15(21)7-5-14/h4-7,16H,8-11H2,1-3H3,(H,22,24). The average molecular weight is 467 g/mol. The number of amides is 1. The van der Waals surface area contributed by atoms with E-state index in [9.17, 15) is 9.59 Å². The fourth-order valence-electron chi connectivity index (χ4n) is 3.16. The van der Waals surface area contributed by atoms with Crippen LogP contribution in [-0.2, 0) is 14.3 Å². The number of benzene rings is 1. The molecule has 150 valence electrons. The summed E-state index contributed by atoms with van der Waals surface area (Å²) in [6, 6.07) is 8.02. The zero-order valence-corrected chi connectivity index (χ0v) is 18.5. The molecule has 1 unspecified atom stereocenters. The molecule has 0 aliphatic carbocycles. The Morgan fingerprint density at radius 3 is 2.71 bits per heavy atom. The summed E-state index contributed by atoms with van der Waals surface area (Å²) in [5.41, 5.74) is 2.37. The first kappa shape index (κ1) is 21.0. The van der Waals surface area contributed by atoms with Gasteiger partial charge in [0.15, 0.2) is 0 Å². The summed E-state index contributed by atoms with van der Waals surface area (Å²) in [7, 11) is 1.34. The Kier molecular flexibility index (Phi) is 6.87. The van der Waals surface area contributed by atoms with Gasteiger partial charge < -0.3 is 14.8 Å². The van der Waals surface area contributed by atoms with E-state index in [0.29, 0.717) is 30.3 Å². The Morgan fingerprint density at radius 1 is 1.32 bits per heavy atom. The molecule has 8 heteroatoms. The Labute approximate surface area is 176 Å². The SMILES string of the molecule is COC(=O)c1c(NC(=O)CN2CCOC(c3ccc(Br)cc3)C2)sc(C)c1C. The van der Waals surface area contributed by atoms with Crippen molar-refractivity contribution in [2.24, 2.45) is 0 Å². The normalized spacial score (nSPS) is 17.4. The second kappa shape index (κ2) is 9.17. The molecular weight excluding hydrogens is 444 g/mol. The van der Waals surface area contributed by atoms with Gasteiger partial charge >= 0.3 is 5.97 Å². The molecule has 2 aromatic rings. The lowest BCUT2D eigenvalue weighted by Gasteiger charge is -2.32. The maximum Gasteiger partial charge on any atom is 0.341 e. The van der Waals surface area contributed by atoms with E-state index in [-0.39, 0.29) is 18.6 Å². The predicted octanol–water partition coefficient (Wildman–Crippen LogP) is 3.93. The minimum absolute atomic E-state index is 0.0634. The summed E-state index contributed by atoms with van der Waals surface area (Å²) in [6.07, 6.45) is -0.0634. The minimum atomic E-state index is -0.432. The van der Waals surface area contributed by atoms with E-state index >= 15 is 0 Å². The van der Waals surface area contributed by atoms with Crippen molar-refractivity contribution in [2.45, 2.75) is 20.0 Å². The largest absolute Gasteiger partial charge is 0.465 e. The van der Waals surface area contributed by atoms with E-state index in [1.54, 1.807) is 0 Å². The van der Waals surface area contributed by atoms with Crippen LogP contribution in [0.25, 0.3) is 0 Å². The fourth-order valence-corrected chi connectivity index (χ4v) is 4.49. The highest BCUT2D eigenvalue weighted by molar-refractivity contribution is 9.10. The number of morpholine rings is 1. The molecule has 6 nitrogen and oxygen atoms in total. The van der Waals surface area contributed by atoms with E-state index in [4.69, 9.17) is 9.47 Å². The van der Waals surface area contributed by atoms with Crippen LogP contribution in [0.2, 0.25) is 0 Å². The lowest BCUT2D eigenvalue weighted by molar-refractivity contribution is -0.119. The van der Waals surface area contributed by atoms with Gasteiger partial charge in [0.2, 0.25) is 5.91 Å². The van der Waals surface area contributed by atoms with E-state index in [0.717, 1.165) is 20.5 Å². The lowest BCUT2D eigenvalue weighted by Crippen LogP contribution is -2.42.